The molecule has 0 aliphatic heterocycles. The summed E-state index contributed by atoms with van der Waals surface area (Å²) in [5, 5.41) is 8.98. The third kappa shape index (κ3) is 3.49. The Bertz CT molecular complexity index is 855. The molecule has 2 aromatic carbocycles. The van der Waals surface area contributed by atoms with Crippen molar-refractivity contribution in [3.05, 3.63) is 57.8 Å². The lowest BCUT2D eigenvalue weighted by atomic mass is 10.2. The Morgan fingerprint density at radius 2 is 1.82 bits per heavy atom. The van der Waals surface area contributed by atoms with Crippen LogP contribution in [0.25, 0.3) is 0 Å². The predicted molar refractivity (Wildman–Crippen MR) is 80.6 cm³/mol. The number of hydrogen-bond donors (Lipinski definition) is 2. The molecule has 5 nitrogen and oxygen atoms in total. The maximum absolute atomic E-state index is 13.6. The van der Waals surface area contributed by atoms with E-state index in [0.717, 1.165) is 30.3 Å². The van der Waals surface area contributed by atoms with Crippen molar-refractivity contribution in [3.63, 3.8) is 0 Å². The summed E-state index contributed by atoms with van der Waals surface area (Å²) in [6, 6.07) is 6.50. The molecule has 0 saturated carbocycles. The third-order valence-electron chi connectivity index (χ3n) is 2.65. The Morgan fingerprint density at radius 3 is 2.45 bits per heavy atom. The molecule has 0 saturated heterocycles. The fraction of sp³-hybridized carbons (Fsp3) is 0. The van der Waals surface area contributed by atoms with Crippen molar-refractivity contribution in [2.24, 2.45) is 0 Å². The van der Waals surface area contributed by atoms with E-state index in [1.54, 1.807) is 0 Å². The van der Waals surface area contributed by atoms with Crippen molar-refractivity contribution < 1.29 is 22.7 Å². The minimum atomic E-state index is -4.20. The molecule has 0 heterocycles. The second-order valence-electron chi connectivity index (χ2n) is 4.18. The lowest BCUT2D eigenvalue weighted by Crippen LogP contribution is -2.15. The van der Waals surface area contributed by atoms with E-state index in [0.29, 0.717) is 0 Å². The summed E-state index contributed by atoms with van der Waals surface area (Å²) in [7, 11) is -4.20. The van der Waals surface area contributed by atoms with Gasteiger partial charge in [0.15, 0.2) is 0 Å². The van der Waals surface area contributed by atoms with E-state index in [1.807, 2.05) is 4.72 Å². The number of nitrogens with one attached hydrogen (secondary N) is 1. The molecule has 2 rings (SSSR count). The molecule has 0 aliphatic rings. The van der Waals surface area contributed by atoms with Crippen LogP contribution in [-0.4, -0.2) is 19.5 Å². The van der Waals surface area contributed by atoms with Crippen LogP contribution in [0.1, 0.15) is 10.4 Å². The summed E-state index contributed by atoms with van der Waals surface area (Å²) in [6.07, 6.45) is 0. The van der Waals surface area contributed by atoms with Gasteiger partial charge in [0.05, 0.1) is 21.2 Å². The lowest BCUT2D eigenvalue weighted by molar-refractivity contribution is 0.0697. The summed E-state index contributed by atoms with van der Waals surface area (Å²) in [6.45, 7) is 0. The molecule has 22 heavy (non-hydrogen) atoms. The van der Waals surface area contributed by atoms with Gasteiger partial charge in [-0.15, -0.1) is 0 Å². The third-order valence-corrected chi connectivity index (χ3v) is 4.58. The van der Waals surface area contributed by atoms with Crippen LogP contribution in [0.3, 0.4) is 0 Å². The van der Waals surface area contributed by atoms with Crippen molar-refractivity contribution in [3.8, 4) is 0 Å². The van der Waals surface area contributed by atoms with Gasteiger partial charge in [-0.25, -0.2) is 17.6 Å². The monoisotopic (exact) mass is 363 g/mol. The smallest absolute Gasteiger partial charge is 0.337 e. The molecule has 116 valence electrons. The fourth-order valence-electron chi connectivity index (χ4n) is 1.61. The molecule has 0 aromatic heterocycles. The van der Waals surface area contributed by atoms with Gasteiger partial charge < -0.3 is 5.11 Å². The van der Waals surface area contributed by atoms with Crippen LogP contribution in [0, 0.1) is 5.82 Å². The van der Waals surface area contributed by atoms with Gasteiger partial charge in [-0.3, -0.25) is 4.72 Å². The molecule has 0 aliphatic carbocycles. The summed E-state index contributed by atoms with van der Waals surface area (Å²) < 4.78 is 40.0. The number of benzene rings is 2. The quantitative estimate of drug-likeness (QED) is 0.868. The molecular weight excluding hydrogens is 356 g/mol. The summed E-state index contributed by atoms with van der Waals surface area (Å²) in [5.41, 5.74) is -0.726. The molecule has 0 atom stereocenters. The van der Waals surface area contributed by atoms with Gasteiger partial charge in [-0.05, 0) is 36.4 Å². The van der Waals surface area contributed by atoms with Crippen molar-refractivity contribution in [2.75, 3.05) is 4.72 Å². The highest BCUT2D eigenvalue weighted by atomic mass is 35.5. The first-order chi connectivity index (χ1) is 10.2. The fourth-order valence-corrected chi connectivity index (χ4v) is 3.07. The second kappa shape index (κ2) is 6.12. The van der Waals surface area contributed by atoms with E-state index in [2.05, 4.69) is 0 Å². The van der Waals surface area contributed by atoms with Crippen LogP contribution in [0.5, 0.6) is 0 Å². The van der Waals surface area contributed by atoms with Gasteiger partial charge >= 0.3 is 5.97 Å². The van der Waals surface area contributed by atoms with Crippen LogP contribution in [0.2, 0.25) is 10.0 Å². The Kier molecular flexibility index (Phi) is 4.60. The lowest BCUT2D eigenvalue weighted by Gasteiger charge is -2.10. The number of hydrogen-bond acceptors (Lipinski definition) is 3. The van der Waals surface area contributed by atoms with E-state index in [1.165, 1.54) is 6.07 Å². The number of halogens is 3. The topological polar surface area (TPSA) is 83.5 Å². The number of carboxylic acid groups (broad SMARTS) is 1. The zero-order chi connectivity index (χ0) is 16.5. The Balaban J connectivity index is 2.45. The van der Waals surface area contributed by atoms with E-state index in [9.17, 15) is 17.6 Å². The zero-order valence-electron chi connectivity index (χ0n) is 10.7. The number of rotatable bonds is 4. The summed E-state index contributed by atoms with van der Waals surface area (Å²) in [4.78, 5) is 10.6. The first-order valence-corrected chi connectivity index (χ1v) is 7.95. The Labute approximate surface area is 135 Å². The maximum atomic E-state index is 13.6. The van der Waals surface area contributed by atoms with Gasteiger partial charge in [0.25, 0.3) is 10.0 Å². The van der Waals surface area contributed by atoms with Crippen molar-refractivity contribution in [1.82, 2.24) is 0 Å². The average molecular weight is 364 g/mol. The molecule has 2 N–H and O–H groups in total. The van der Waals surface area contributed by atoms with E-state index in [4.69, 9.17) is 28.3 Å². The van der Waals surface area contributed by atoms with E-state index >= 15 is 0 Å². The van der Waals surface area contributed by atoms with Crippen LogP contribution in [0.15, 0.2) is 41.3 Å². The van der Waals surface area contributed by atoms with Gasteiger partial charge in [-0.2, -0.15) is 0 Å². The molecule has 0 bridgehead atoms. The first-order valence-electron chi connectivity index (χ1n) is 5.71. The number of carbonyl (C=O) groups is 1. The highest BCUT2D eigenvalue weighted by Gasteiger charge is 2.20. The highest BCUT2D eigenvalue weighted by Crippen LogP contribution is 2.25. The molecule has 0 spiro atoms. The summed E-state index contributed by atoms with van der Waals surface area (Å²) >= 11 is 11.4. The summed E-state index contributed by atoms with van der Waals surface area (Å²) in [5.74, 6) is -2.20. The molecule has 2 aromatic rings. The standard InChI is InChI=1S/C13H8Cl2FNO4S/c14-7-1-4-11(16)12(5-7)17-22(20,21)8-2-3-10(15)9(6-8)13(18)19/h1-6,17H,(H,18,19). The largest absolute Gasteiger partial charge is 0.478 e. The first kappa shape index (κ1) is 16.5. The highest BCUT2D eigenvalue weighted by molar-refractivity contribution is 7.92. The number of anilines is 1. The van der Waals surface area contributed by atoms with E-state index in [-0.39, 0.29) is 26.2 Å². The van der Waals surface area contributed by atoms with Gasteiger partial charge in [-0.1, -0.05) is 23.2 Å². The normalized spacial score (nSPS) is 11.2. The SMILES string of the molecule is O=C(O)c1cc(S(=O)(=O)Nc2cc(Cl)ccc2F)ccc1Cl. The van der Waals surface area contributed by atoms with Gasteiger partial charge in [0.1, 0.15) is 5.82 Å². The maximum Gasteiger partial charge on any atom is 0.337 e. The van der Waals surface area contributed by atoms with Crippen LogP contribution < -0.4 is 4.72 Å². The van der Waals surface area contributed by atoms with Crippen LogP contribution in [-0.2, 0) is 10.0 Å². The van der Waals surface area contributed by atoms with Crippen LogP contribution in [0.4, 0.5) is 10.1 Å². The Morgan fingerprint density at radius 1 is 1.14 bits per heavy atom. The van der Waals surface area contributed by atoms with Gasteiger partial charge in [0, 0.05) is 5.02 Å². The number of aromatic carboxylic acids is 1. The predicted octanol–water partition coefficient (Wildman–Crippen LogP) is 3.63. The minimum absolute atomic E-state index is 0.111. The molecule has 0 radical (unpaired) electrons. The van der Waals surface area contributed by atoms with Crippen molar-refractivity contribution in [2.45, 2.75) is 4.90 Å². The molecule has 9 heteroatoms. The Hall–Kier alpha value is -1.83. The number of carboxylic acids is 1. The average Bonchev–Trinajstić information content (AvgIpc) is 2.42. The van der Waals surface area contributed by atoms with E-state index < -0.39 is 21.8 Å². The van der Waals surface area contributed by atoms with Crippen LogP contribution >= 0.6 is 23.2 Å². The zero-order valence-corrected chi connectivity index (χ0v) is 13.0. The molecule has 0 amide bonds. The van der Waals surface area contributed by atoms with Crippen molar-refractivity contribution >= 4 is 44.9 Å². The van der Waals surface area contributed by atoms with Crippen molar-refractivity contribution in [1.29, 1.82) is 0 Å². The molecule has 0 fully saturated rings. The molecule has 0 unspecified atom stereocenters. The molecular formula is C13H8Cl2FNO4S. The number of sulfonamides is 1. The van der Waals surface area contributed by atoms with Gasteiger partial charge in [0.2, 0.25) is 0 Å². The minimum Gasteiger partial charge on any atom is -0.478 e. The second-order valence-corrected chi connectivity index (χ2v) is 6.70.